The molecule has 2 aromatic heterocycles. The minimum atomic E-state index is -0.348. The van der Waals surface area contributed by atoms with Crippen LogP contribution in [0.4, 0.5) is 5.69 Å². The van der Waals surface area contributed by atoms with Crippen LogP contribution in [0.1, 0.15) is 46.2 Å². The van der Waals surface area contributed by atoms with E-state index in [1.165, 1.54) is 0 Å². The molecule has 1 amide bonds. The first-order chi connectivity index (χ1) is 15.2. The summed E-state index contributed by atoms with van der Waals surface area (Å²) in [5, 5.41) is 16.9. The molecular weight excluding hydrogens is 404 g/mol. The Kier molecular flexibility index (Phi) is 6.40. The Labute approximate surface area is 190 Å². The Balaban J connectivity index is 1.37. The molecule has 2 aromatic rings. The average molecular weight is 439 g/mol. The van der Waals surface area contributed by atoms with E-state index >= 15 is 0 Å². The van der Waals surface area contributed by atoms with Gasteiger partial charge in [0.05, 0.1) is 29.6 Å². The monoisotopic (exact) mass is 438 g/mol. The van der Waals surface area contributed by atoms with Crippen LogP contribution in [0.25, 0.3) is 5.52 Å². The van der Waals surface area contributed by atoms with Crippen LogP contribution in [0.15, 0.2) is 24.4 Å². The number of anilines is 1. The second kappa shape index (κ2) is 9.08. The van der Waals surface area contributed by atoms with Gasteiger partial charge >= 0.3 is 0 Å². The van der Waals surface area contributed by atoms with Crippen LogP contribution in [0, 0.1) is 16.7 Å². The number of morpholine rings is 1. The fourth-order valence-electron chi connectivity index (χ4n) is 4.65. The molecule has 0 spiro atoms. The lowest BCUT2D eigenvalue weighted by molar-refractivity contribution is -0.129. The van der Waals surface area contributed by atoms with Gasteiger partial charge in [0.15, 0.2) is 0 Å². The van der Waals surface area contributed by atoms with E-state index in [4.69, 9.17) is 4.74 Å². The third-order valence-corrected chi connectivity index (χ3v) is 6.38. The summed E-state index contributed by atoms with van der Waals surface area (Å²) in [6.07, 6.45) is 3.91. The van der Waals surface area contributed by atoms with Gasteiger partial charge in [0, 0.05) is 44.2 Å². The van der Waals surface area contributed by atoms with E-state index in [0.717, 1.165) is 56.8 Å². The third-order valence-electron chi connectivity index (χ3n) is 6.38. The van der Waals surface area contributed by atoms with Crippen molar-refractivity contribution < 1.29 is 9.53 Å². The number of nitriles is 1. The number of piperidine rings is 1. The van der Waals surface area contributed by atoms with Gasteiger partial charge in [0.1, 0.15) is 11.8 Å². The summed E-state index contributed by atoms with van der Waals surface area (Å²) in [6.45, 7) is 12.4. The van der Waals surface area contributed by atoms with Gasteiger partial charge in [-0.15, -0.1) is 0 Å². The molecule has 0 aliphatic carbocycles. The number of carbonyl (C=O) groups is 1. The molecule has 2 atom stereocenters. The third kappa shape index (κ3) is 4.89. The summed E-state index contributed by atoms with van der Waals surface area (Å²) in [5.41, 5.74) is 2.23. The number of rotatable bonds is 4. The molecule has 2 fully saturated rings. The quantitative estimate of drug-likeness (QED) is 0.789. The van der Waals surface area contributed by atoms with Crippen molar-refractivity contribution >= 4 is 17.1 Å². The normalized spacial score (nSPS) is 23.3. The van der Waals surface area contributed by atoms with E-state index in [0.29, 0.717) is 5.69 Å². The standard InChI is InChI=1S/C24H34N6O2/c1-17-14-29(21-6-5-19(13-25)30-22(21)7-10-26-30)16-20(32-17)15-28-11-8-18(9-12-28)27-23(31)24(2,3)4/h5-7,10,17-18,20H,8-9,11-12,14-16H2,1-4H3,(H,27,31)/t17-,20+/m1/s1. The molecule has 0 radical (unpaired) electrons. The highest BCUT2D eigenvalue weighted by molar-refractivity contribution is 5.81. The van der Waals surface area contributed by atoms with Gasteiger partial charge in [-0.3, -0.25) is 4.79 Å². The fourth-order valence-corrected chi connectivity index (χ4v) is 4.65. The predicted molar refractivity (Wildman–Crippen MR) is 124 cm³/mol. The van der Waals surface area contributed by atoms with Gasteiger partial charge in [-0.1, -0.05) is 20.8 Å². The predicted octanol–water partition coefficient (Wildman–Crippen LogP) is 2.43. The van der Waals surface area contributed by atoms with Crippen molar-refractivity contribution in [2.24, 2.45) is 5.41 Å². The summed E-state index contributed by atoms with van der Waals surface area (Å²) >= 11 is 0. The number of fused-ring (bicyclic) bond motifs is 1. The molecule has 2 saturated heterocycles. The maximum Gasteiger partial charge on any atom is 0.225 e. The number of likely N-dealkylation sites (tertiary alicyclic amines) is 1. The highest BCUT2D eigenvalue weighted by Crippen LogP contribution is 2.27. The Hall–Kier alpha value is -2.63. The number of pyridine rings is 1. The molecule has 8 heteroatoms. The Morgan fingerprint density at radius 2 is 2.00 bits per heavy atom. The largest absolute Gasteiger partial charge is 0.370 e. The smallest absolute Gasteiger partial charge is 0.225 e. The van der Waals surface area contributed by atoms with Crippen molar-refractivity contribution in [2.75, 3.05) is 37.6 Å². The van der Waals surface area contributed by atoms with Crippen LogP contribution in [0.3, 0.4) is 0 Å². The second-order valence-corrected chi connectivity index (χ2v) is 10.1. The van der Waals surface area contributed by atoms with Gasteiger partial charge in [-0.2, -0.15) is 10.4 Å². The lowest BCUT2D eigenvalue weighted by Crippen LogP contribution is -2.53. The molecule has 2 aliphatic heterocycles. The highest BCUT2D eigenvalue weighted by atomic mass is 16.5. The molecule has 4 rings (SSSR count). The van der Waals surface area contributed by atoms with Crippen molar-refractivity contribution in [1.29, 1.82) is 5.26 Å². The lowest BCUT2D eigenvalue weighted by Gasteiger charge is -2.41. The number of ether oxygens (including phenoxy) is 1. The zero-order chi connectivity index (χ0) is 22.9. The number of carbonyl (C=O) groups excluding carboxylic acids is 1. The summed E-state index contributed by atoms with van der Waals surface area (Å²) in [5.74, 6) is 0.129. The van der Waals surface area contributed by atoms with Crippen molar-refractivity contribution in [3.63, 3.8) is 0 Å². The van der Waals surface area contributed by atoms with Crippen LogP contribution in [0.2, 0.25) is 0 Å². The summed E-state index contributed by atoms with van der Waals surface area (Å²) < 4.78 is 8.00. The number of aromatic nitrogens is 2. The zero-order valence-corrected chi connectivity index (χ0v) is 19.5. The number of hydrogen-bond acceptors (Lipinski definition) is 6. The van der Waals surface area contributed by atoms with E-state index in [9.17, 15) is 10.1 Å². The van der Waals surface area contributed by atoms with Crippen molar-refractivity contribution in [1.82, 2.24) is 19.8 Å². The fraction of sp³-hybridized carbons (Fsp3) is 0.625. The van der Waals surface area contributed by atoms with Crippen molar-refractivity contribution in [3.05, 3.63) is 30.1 Å². The van der Waals surface area contributed by atoms with Crippen LogP contribution in [-0.4, -0.2) is 71.4 Å². The van der Waals surface area contributed by atoms with Crippen LogP contribution in [0.5, 0.6) is 0 Å². The van der Waals surface area contributed by atoms with Gasteiger partial charge in [0.25, 0.3) is 0 Å². The van der Waals surface area contributed by atoms with E-state index in [1.807, 2.05) is 39.0 Å². The van der Waals surface area contributed by atoms with Gasteiger partial charge in [0.2, 0.25) is 5.91 Å². The van der Waals surface area contributed by atoms with Crippen LogP contribution in [-0.2, 0) is 9.53 Å². The van der Waals surface area contributed by atoms with E-state index in [1.54, 1.807) is 10.7 Å². The first-order valence-electron chi connectivity index (χ1n) is 11.5. The molecular formula is C24H34N6O2. The Bertz CT molecular complexity index is 996. The molecule has 1 N–H and O–H groups in total. The van der Waals surface area contributed by atoms with Gasteiger partial charge < -0.3 is 19.9 Å². The summed E-state index contributed by atoms with van der Waals surface area (Å²) in [7, 11) is 0. The van der Waals surface area contributed by atoms with E-state index in [2.05, 4.69) is 33.2 Å². The molecule has 4 heterocycles. The maximum absolute atomic E-state index is 12.3. The summed E-state index contributed by atoms with van der Waals surface area (Å²) in [6, 6.07) is 8.28. The van der Waals surface area contributed by atoms with Gasteiger partial charge in [-0.25, -0.2) is 4.52 Å². The average Bonchev–Trinajstić information content (AvgIpc) is 3.23. The molecule has 0 saturated carbocycles. The molecule has 0 unspecified atom stereocenters. The maximum atomic E-state index is 12.3. The highest BCUT2D eigenvalue weighted by Gasteiger charge is 2.31. The van der Waals surface area contributed by atoms with E-state index in [-0.39, 0.29) is 29.6 Å². The number of nitrogens with zero attached hydrogens (tertiary/aromatic N) is 5. The second-order valence-electron chi connectivity index (χ2n) is 10.1. The van der Waals surface area contributed by atoms with E-state index < -0.39 is 0 Å². The molecule has 8 nitrogen and oxygen atoms in total. The Morgan fingerprint density at radius 3 is 2.69 bits per heavy atom. The molecule has 2 aliphatic rings. The van der Waals surface area contributed by atoms with Gasteiger partial charge in [-0.05, 0) is 38.0 Å². The molecule has 0 bridgehead atoms. The van der Waals surface area contributed by atoms with Crippen molar-refractivity contribution in [2.45, 2.75) is 58.8 Å². The first kappa shape index (κ1) is 22.6. The number of amides is 1. The minimum Gasteiger partial charge on any atom is -0.370 e. The van der Waals surface area contributed by atoms with Crippen LogP contribution < -0.4 is 10.2 Å². The molecule has 172 valence electrons. The molecule has 32 heavy (non-hydrogen) atoms. The first-order valence-corrected chi connectivity index (χ1v) is 11.5. The topological polar surface area (TPSA) is 85.9 Å². The summed E-state index contributed by atoms with van der Waals surface area (Å²) in [4.78, 5) is 17.1. The minimum absolute atomic E-state index is 0.109. The zero-order valence-electron chi connectivity index (χ0n) is 19.5. The molecule has 0 aromatic carbocycles. The van der Waals surface area contributed by atoms with Crippen LogP contribution >= 0.6 is 0 Å². The van der Waals surface area contributed by atoms with Crippen molar-refractivity contribution in [3.8, 4) is 6.07 Å². The number of nitrogens with one attached hydrogen (secondary N) is 1. The SMILES string of the molecule is C[C@@H]1CN(c2ccc(C#N)n3nccc23)C[C@H](CN2CCC(NC(=O)C(C)(C)C)CC2)O1. The Morgan fingerprint density at radius 1 is 1.25 bits per heavy atom. The lowest BCUT2D eigenvalue weighted by atomic mass is 9.94. The number of hydrogen-bond donors (Lipinski definition) is 1.